The van der Waals surface area contributed by atoms with Gasteiger partial charge in [0.1, 0.15) is 12.3 Å². The number of fused-ring (bicyclic) bond motifs is 1. The van der Waals surface area contributed by atoms with Crippen LogP contribution in [0.5, 0.6) is 5.75 Å². The number of aryl methyl sites for hydroxylation is 4. The fourth-order valence-corrected chi connectivity index (χ4v) is 4.11. The van der Waals surface area contributed by atoms with Gasteiger partial charge in [0.2, 0.25) is 0 Å². The highest BCUT2D eigenvalue weighted by Crippen LogP contribution is 2.24. The molecule has 1 aromatic carbocycles. The molecule has 31 heavy (non-hydrogen) atoms. The maximum atomic E-state index is 6.24. The highest BCUT2D eigenvalue weighted by atomic mass is 16.5. The van der Waals surface area contributed by atoms with Crippen molar-refractivity contribution in [1.82, 2.24) is 9.55 Å². The van der Waals surface area contributed by atoms with Gasteiger partial charge in [-0.3, -0.25) is 0 Å². The standard InChI is InChI=1S/C27H40N3O/c1-4-6-8-12-23-14-15-27(24(20-23)13-9-7-5-2)31-19-11-10-17-30-18-16-26-25(21-30)28-22-29(26)3/h14-16,18,20-22H,4-13,17,19H2,1-3H3/q+1. The lowest BCUT2D eigenvalue weighted by Gasteiger charge is -2.13. The second-order valence-electron chi connectivity index (χ2n) is 8.72. The summed E-state index contributed by atoms with van der Waals surface area (Å²) < 4.78 is 10.5. The van der Waals surface area contributed by atoms with Crippen LogP contribution in [0.25, 0.3) is 11.0 Å². The van der Waals surface area contributed by atoms with E-state index < -0.39 is 0 Å². The van der Waals surface area contributed by atoms with Crippen LogP contribution >= 0.6 is 0 Å². The van der Waals surface area contributed by atoms with E-state index in [0.717, 1.165) is 43.7 Å². The molecule has 0 aliphatic heterocycles. The monoisotopic (exact) mass is 422 g/mol. The number of pyridine rings is 1. The molecule has 0 amide bonds. The Morgan fingerprint density at radius 1 is 0.935 bits per heavy atom. The fraction of sp³-hybridized carbons (Fsp3) is 0.556. The van der Waals surface area contributed by atoms with Crippen LogP contribution in [0.3, 0.4) is 0 Å². The van der Waals surface area contributed by atoms with Crippen molar-refractivity contribution in [2.75, 3.05) is 6.61 Å². The normalized spacial score (nSPS) is 11.3. The molecule has 2 aromatic heterocycles. The Labute approximate surface area is 188 Å². The Hall–Kier alpha value is -2.36. The predicted molar refractivity (Wildman–Crippen MR) is 129 cm³/mol. The largest absolute Gasteiger partial charge is 0.493 e. The van der Waals surface area contributed by atoms with E-state index >= 15 is 0 Å². The lowest BCUT2D eigenvalue weighted by Crippen LogP contribution is -2.32. The first kappa shape index (κ1) is 23.3. The van der Waals surface area contributed by atoms with Crippen LogP contribution in [-0.2, 0) is 26.4 Å². The Kier molecular flexibility index (Phi) is 9.39. The number of imidazole rings is 1. The Bertz CT molecular complexity index is 931. The third-order valence-electron chi connectivity index (χ3n) is 6.04. The van der Waals surface area contributed by atoms with Crippen LogP contribution in [0.1, 0.15) is 76.3 Å². The summed E-state index contributed by atoms with van der Waals surface area (Å²) in [5.41, 5.74) is 5.09. The molecule has 0 fully saturated rings. The van der Waals surface area contributed by atoms with E-state index in [2.05, 4.69) is 64.6 Å². The molecule has 3 rings (SSSR count). The molecule has 0 saturated carbocycles. The average molecular weight is 423 g/mol. The second kappa shape index (κ2) is 12.5. The number of aromatic nitrogens is 3. The summed E-state index contributed by atoms with van der Waals surface area (Å²) >= 11 is 0. The van der Waals surface area contributed by atoms with Gasteiger partial charge < -0.3 is 9.30 Å². The van der Waals surface area contributed by atoms with Crippen molar-refractivity contribution in [2.45, 2.75) is 84.6 Å². The lowest BCUT2D eigenvalue weighted by molar-refractivity contribution is -0.696. The highest BCUT2D eigenvalue weighted by molar-refractivity contribution is 5.72. The number of benzene rings is 1. The average Bonchev–Trinajstić information content (AvgIpc) is 3.15. The zero-order valence-electron chi connectivity index (χ0n) is 19.8. The van der Waals surface area contributed by atoms with Gasteiger partial charge in [0.15, 0.2) is 17.9 Å². The van der Waals surface area contributed by atoms with Gasteiger partial charge in [-0.05, 0) is 49.3 Å². The number of nitrogens with zero attached hydrogens (tertiary/aromatic N) is 3. The SMILES string of the molecule is CCCCCc1ccc(OCCCC[n+]2ccc3c(c2)ncn3C)c(CCCCC)c1. The third kappa shape index (κ3) is 7.09. The third-order valence-corrected chi connectivity index (χ3v) is 6.04. The van der Waals surface area contributed by atoms with Gasteiger partial charge in [-0.15, -0.1) is 0 Å². The summed E-state index contributed by atoms with van der Waals surface area (Å²) in [4.78, 5) is 4.45. The first-order valence-corrected chi connectivity index (χ1v) is 12.3. The highest BCUT2D eigenvalue weighted by Gasteiger charge is 2.08. The summed E-state index contributed by atoms with van der Waals surface area (Å²) in [6.45, 7) is 6.31. The first-order chi connectivity index (χ1) is 15.2. The fourth-order valence-electron chi connectivity index (χ4n) is 4.11. The minimum Gasteiger partial charge on any atom is -0.493 e. The minimum absolute atomic E-state index is 0.780. The van der Waals surface area contributed by atoms with Crippen molar-refractivity contribution in [3.05, 3.63) is 54.1 Å². The Morgan fingerprint density at radius 3 is 2.55 bits per heavy atom. The van der Waals surface area contributed by atoms with Crippen LogP contribution in [0.2, 0.25) is 0 Å². The van der Waals surface area contributed by atoms with Gasteiger partial charge in [-0.25, -0.2) is 9.55 Å². The number of rotatable bonds is 14. The summed E-state index contributed by atoms with van der Waals surface area (Å²) in [5, 5.41) is 0. The summed E-state index contributed by atoms with van der Waals surface area (Å²) in [5.74, 6) is 1.10. The van der Waals surface area contributed by atoms with E-state index in [1.54, 1.807) is 0 Å². The summed E-state index contributed by atoms with van der Waals surface area (Å²) in [6.07, 6.45) is 18.3. The number of ether oxygens (including phenoxy) is 1. The second-order valence-corrected chi connectivity index (χ2v) is 8.72. The zero-order chi connectivity index (χ0) is 21.9. The number of hydrogen-bond donors (Lipinski definition) is 0. The van der Waals surface area contributed by atoms with E-state index in [1.807, 2.05) is 13.4 Å². The molecular formula is C27H40N3O+. The van der Waals surface area contributed by atoms with Gasteiger partial charge in [0, 0.05) is 19.5 Å². The van der Waals surface area contributed by atoms with Gasteiger partial charge in [-0.2, -0.15) is 0 Å². The van der Waals surface area contributed by atoms with E-state index in [4.69, 9.17) is 4.74 Å². The number of hydrogen-bond acceptors (Lipinski definition) is 2. The van der Waals surface area contributed by atoms with Crippen LogP contribution in [-0.4, -0.2) is 16.2 Å². The smallest absolute Gasteiger partial charge is 0.196 e. The van der Waals surface area contributed by atoms with Crippen LogP contribution in [0, 0.1) is 0 Å². The van der Waals surface area contributed by atoms with Crippen molar-refractivity contribution in [3.63, 3.8) is 0 Å². The summed E-state index contributed by atoms with van der Waals surface area (Å²) in [6, 6.07) is 9.03. The minimum atomic E-state index is 0.780. The van der Waals surface area contributed by atoms with Crippen molar-refractivity contribution in [2.24, 2.45) is 7.05 Å². The molecule has 4 heteroatoms. The molecular weight excluding hydrogens is 382 g/mol. The van der Waals surface area contributed by atoms with E-state index in [-0.39, 0.29) is 0 Å². The molecule has 4 nitrogen and oxygen atoms in total. The molecule has 0 radical (unpaired) electrons. The van der Waals surface area contributed by atoms with Gasteiger partial charge in [-0.1, -0.05) is 51.7 Å². The predicted octanol–water partition coefficient (Wildman–Crippen LogP) is 6.19. The molecule has 0 atom stereocenters. The molecule has 0 aliphatic carbocycles. The zero-order valence-corrected chi connectivity index (χ0v) is 19.8. The number of unbranched alkanes of at least 4 members (excludes halogenated alkanes) is 5. The Balaban J connectivity index is 1.49. The molecule has 2 heterocycles. The molecule has 0 saturated heterocycles. The topological polar surface area (TPSA) is 30.9 Å². The first-order valence-electron chi connectivity index (χ1n) is 12.3. The quantitative estimate of drug-likeness (QED) is 0.229. The van der Waals surface area contributed by atoms with Gasteiger partial charge in [0.05, 0.1) is 18.5 Å². The van der Waals surface area contributed by atoms with Gasteiger partial charge in [0.25, 0.3) is 0 Å². The van der Waals surface area contributed by atoms with Crippen molar-refractivity contribution < 1.29 is 9.30 Å². The summed E-state index contributed by atoms with van der Waals surface area (Å²) in [7, 11) is 2.03. The van der Waals surface area contributed by atoms with Crippen LogP contribution in [0.15, 0.2) is 43.0 Å². The maximum Gasteiger partial charge on any atom is 0.196 e. The molecule has 0 spiro atoms. The van der Waals surface area contributed by atoms with Crippen molar-refractivity contribution >= 4 is 11.0 Å². The maximum absolute atomic E-state index is 6.24. The van der Waals surface area contributed by atoms with Crippen LogP contribution in [0.4, 0.5) is 0 Å². The molecule has 0 bridgehead atoms. The Morgan fingerprint density at radius 2 is 1.74 bits per heavy atom. The van der Waals surface area contributed by atoms with E-state index in [0.29, 0.717) is 0 Å². The van der Waals surface area contributed by atoms with E-state index in [9.17, 15) is 0 Å². The molecule has 0 N–H and O–H groups in total. The lowest BCUT2D eigenvalue weighted by atomic mass is 10.00. The van der Waals surface area contributed by atoms with Crippen molar-refractivity contribution in [3.8, 4) is 5.75 Å². The molecule has 168 valence electrons. The molecule has 3 aromatic rings. The van der Waals surface area contributed by atoms with E-state index in [1.165, 1.54) is 61.6 Å². The van der Waals surface area contributed by atoms with Crippen LogP contribution < -0.4 is 9.30 Å². The van der Waals surface area contributed by atoms with Crippen molar-refractivity contribution in [1.29, 1.82) is 0 Å². The van der Waals surface area contributed by atoms with Gasteiger partial charge >= 0.3 is 0 Å². The molecule has 0 unspecified atom stereocenters. The molecule has 0 aliphatic rings.